The number of nitrogens with zero attached hydrogens (tertiary/aromatic N) is 1. The number of carbonyl (C=O) groups excluding carboxylic acids is 1. The first-order chi connectivity index (χ1) is 6.97. The fraction of sp³-hybridized carbons (Fsp3) is 0.250. The highest BCUT2D eigenvalue weighted by Gasteiger charge is 2.20. The van der Waals surface area contributed by atoms with Crippen LogP contribution in [0.4, 0.5) is 8.78 Å². The molecule has 0 radical (unpaired) electrons. The number of carbonyl (C=O) groups is 1. The smallest absolute Gasteiger partial charge is 0.281 e. The topological polar surface area (TPSA) is 39.2 Å². The predicted octanol–water partition coefficient (Wildman–Crippen LogP) is 3.01. The maximum absolute atomic E-state index is 12.5. The molecule has 0 N–H and O–H groups in total. The number of aromatic nitrogens is 1. The summed E-state index contributed by atoms with van der Waals surface area (Å²) in [5.74, 6) is 0.157. The second kappa shape index (κ2) is 5.02. The zero-order chi connectivity index (χ0) is 11.6. The normalized spacial score (nSPS) is 10.5. The van der Waals surface area contributed by atoms with E-state index in [4.69, 9.17) is 16.3 Å². The fourth-order valence-corrected chi connectivity index (χ4v) is 1.75. The zero-order valence-corrected chi connectivity index (χ0v) is 10.3. The van der Waals surface area contributed by atoms with Crippen LogP contribution in [0.15, 0.2) is 6.07 Å². The summed E-state index contributed by atoms with van der Waals surface area (Å²) in [6.07, 6.45) is -2.78. The second-order valence-electron chi connectivity index (χ2n) is 2.48. The molecule has 15 heavy (non-hydrogen) atoms. The van der Waals surface area contributed by atoms with Crippen LogP contribution in [0.1, 0.15) is 22.6 Å². The molecule has 3 nitrogen and oxygen atoms in total. The molecule has 1 aromatic rings. The lowest BCUT2D eigenvalue weighted by Crippen LogP contribution is -2.04. The summed E-state index contributed by atoms with van der Waals surface area (Å²) >= 11 is 6.83. The van der Waals surface area contributed by atoms with Gasteiger partial charge in [0.1, 0.15) is 17.1 Å². The van der Waals surface area contributed by atoms with Crippen LogP contribution in [-0.2, 0) is 0 Å². The number of rotatable bonds is 3. The molecular weight excluding hydrogens is 342 g/mol. The van der Waals surface area contributed by atoms with E-state index in [-0.39, 0.29) is 15.0 Å². The van der Waals surface area contributed by atoms with Crippen molar-refractivity contribution in [3.63, 3.8) is 0 Å². The van der Waals surface area contributed by atoms with Crippen LogP contribution in [0.5, 0.6) is 5.75 Å². The maximum Gasteiger partial charge on any atom is 0.281 e. The van der Waals surface area contributed by atoms with Crippen molar-refractivity contribution < 1.29 is 18.3 Å². The van der Waals surface area contributed by atoms with E-state index in [1.54, 1.807) is 22.6 Å². The zero-order valence-electron chi connectivity index (χ0n) is 7.43. The average molecular weight is 347 g/mol. The Kier molecular flexibility index (Phi) is 4.21. The van der Waals surface area contributed by atoms with Crippen LogP contribution >= 0.6 is 34.2 Å². The Labute approximate surface area is 103 Å². The maximum atomic E-state index is 12.5. The van der Waals surface area contributed by atoms with E-state index in [1.807, 2.05) is 0 Å². The van der Waals surface area contributed by atoms with Gasteiger partial charge in [-0.2, -0.15) is 0 Å². The van der Waals surface area contributed by atoms with E-state index in [2.05, 4.69) is 4.98 Å². The van der Waals surface area contributed by atoms with Gasteiger partial charge in [-0.1, -0.05) is 0 Å². The number of hydrogen-bond acceptors (Lipinski definition) is 3. The van der Waals surface area contributed by atoms with E-state index in [9.17, 15) is 13.6 Å². The van der Waals surface area contributed by atoms with Gasteiger partial charge < -0.3 is 4.74 Å². The summed E-state index contributed by atoms with van der Waals surface area (Å²) in [7, 11) is 1.31. The van der Waals surface area contributed by atoms with Gasteiger partial charge >= 0.3 is 0 Å². The van der Waals surface area contributed by atoms with Gasteiger partial charge in [0.25, 0.3) is 11.7 Å². The van der Waals surface area contributed by atoms with Gasteiger partial charge in [-0.15, -0.1) is 0 Å². The number of ether oxygens (including phenoxy) is 1. The molecule has 0 aliphatic carbocycles. The van der Waals surface area contributed by atoms with Gasteiger partial charge in [-0.25, -0.2) is 13.8 Å². The third-order valence-corrected chi connectivity index (χ3v) is 2.86. The molecule has 0 saturated carbocycles. The highest BCUT2D eigenvalue weighted by atomic mass is 127. The summed E-state index contributed by atoms with van der Waals surface area (Å²) in [5, 5.41) is -0.897. The van der Waals surface area contributed by atoms with E-state index in [0.717, 1.165) is 0 Å². The minimum atomic E-state index is -2.78. The highest BCUT2D eigenvalue weighted by Crippen LogP contribution is 2.30. The van der Waals surface area contributed by atoms with Crippen molar-refractivity contribution in [2.45, 2.75) is 6.43 Å². The molecule has 0 atom stereocenters. The lowest BCUT2D eigenvalue weighted by molar-refractivity contribution is 0.107. The van der Waals surface area contributed by atoms with Crippen LogP contribution in [0.3, 0.4) is 0 Å². The summed E-state index contributed by atoms with van der Waals surface area (Å²) in [5.41, 5.74) is -0.747. The number of halogens is 4. The number of methoxy groups -OCH3 is 1. The molecule has 1 aromatic heterocycles. The quantitative estimate of drug-likeness (QED) is 0.623. The summed E-state index contributed by atoms with van der Waals surface area (Å²) < 4.78 is 30.0. The third kappa shape index (κ3) is 2.75. The Morgan fingerprint density at radius 1 is 1.67 bits per heavy atom. The van der Waals surface area contributed by atoms with Crippen LogP contribution in [-0.4, -0.2) is 17.3 Å². The lowest BCUT2D eigenvalue weighted by atomic mass is 10.3. The monoisotopic (exact) mass is 347 g/mol. The number of pyridine rings is 1. The minimum absolute atomic E-state index is 0.157. The molecule has 82 valence electrons. The van der Waals surface area contributed by atoms with Gasteiger partial charge in [0, 0.05) is 6.07 Å². The average Bonchev–Trinajstić information content (AvgIpc) is 2.17. The molecule has 0 spiro atoms. The Balaban J connectivity index is 3.38. The van der Waals surface area contributed by atoms with Gasteiger partial charge in [0.05, 0.1) is 10.7 Å². The van der Waals surface area contributed by atoms with E-state index in [1.165, 1.54) is 13.2 Å². The summed E-state index contributed by atoms with van der Waals surface area (Å²) in [4.78, 5) is 14.3. The van der Waals surface area contributed by atoms with Crippen molar-refractivity contribution >= 4 is 39.4 Å². The standard InChI is InChI=1S/C8H5ClF2INO2/c1-15-4-2-3(7(9)14)13-6(5(4)12)8(10)11/h2,8H,1H3. The highest BCUT2D eigenvalue weighted by molar-refractivity contribution is 14.1. The molecule has 0 unspecified atom stereocenters. The molecule has 0 aromatic carbocycles. The number of hydrogen-bond donors (Lipinski definition) is 0. The number of alkyl halides is 2. The molecule has 0 aliphatic rings. The second-order valence-corrected chi connectivity index (χ2v) is 3.91. The largest absolute Gasteiger partial charge is 0.495 e. The van der Waals surface area contributed by atoms with Crippen LogP contribution < -0.4 is 4.74 Å². The van der Waals surface area contributed by atoms with Crippen molar-refractivity contribution in [1.82, 2.24) is 4.98 Å². The van der Waals surface area contributed by atoms with Gasteiger partial charge in [0.2, 0.25) is 0 Å². The van der Waals surface area contributed by atoms with Crippen molar-refractivity contribution in [2.24, 2.45) is 0 Å². The Bertz CT molecular complexity index is 400. The van der Waals surface area contributed by atoms with Crippen LogP contribution in [0.25, 0.3) is 0 Å². The summed E-state index contributed by atoms with van der Waals surface area (Å²) in [6, 6.07) is 1.23. The van der Waals surface area contributed by atoms with E-state index >= 15 is 0 Å². The first-order valence-corrected chi connectivity index (χ1v) is 5.15. The molecular formula is C8H5ClF2INO2. The Hall–Kier alpha value is -0.500. The van der Waals surface area contributed by atoms with Gasteiger partial charge in [-0.05, 0) is 34.2 Å². The lowest BCUT2D eigenvalue weighted by Gasteiger charge is -2.08. The molecule has 7 heteroatoms. The first-order valence-electron chi connectivity index (χ1n) is 3.69. The molecule has 0 bridgehead atoms. The molecule has 0 aliphatic heterocycles. The fourth-order valence-electron chi connectivity index (χ4n) is 0.919. The van der Waals surface area contributed by atoms with Crippen LogP contribution in [0, 0.1) is 3.57 Å². The van der Waals surface area contributed by atoms with Gasteiger partial charge in [-0.3, -0.25) is 4.79 Å². The van der Waals surface area contributed by atoms with Crippen molar-refractivity contribution in [3.05, 3.63) is 21.0 Å². The molecule has 0 fully saturated rings. The molecule has 1 heterocycles. The van der Waals surface area contributed by atoms with Gasteiger partial charge in [0.15, 0.2) is 0 Å². The van der Waals surface area contributed by atoms with Crippen LogP contribution in [0.2, 0.25) is 0 Å². The van der Waals surface area contributed by atoms with Crippen molar-refractivity contribution in [3.8, 4) is 5.75 Å². The van der Waals surface area contributed by atoms with Crippen molar-refractivity contribution in [1.29, 1.82) is 0 Å². The molecule has 0 amide bonds. The molecule has 0 saturated heterocycles. The van der Waals surface area contributed by atoms with E-state index in [0.29, 0.717) is 0 Å². The minimum Gasteiger partial charge on any atom is -0.495 e. The first kappa shape index (κ1) is 12.6. The molecule has 1 rings (SSSR count). The summed E-state index contributed by atoms with van der Waals surface area (Å²) in [6.45, 7) is 0. The third-order valence-electron chi connectivity index (χ3n) is 1.58. The SMILES string of the molecule is COc1cc(C(=O)Cl)nc(C(F)F)c1I. The Morgan fingerprint density at radius 3 is 2.67 bits per heavy atom. The van der Waals surface area contributed by atoms with E-state index < -0.39 is 17.4 Å². The Morgan fingerprint density at radius 2 is 2.27 bits per heavy atom. The predicted molar refractivity (Wildman–Crippen MR) is 58.6 cm³/mol. The van der Waals surface area contributed by atoms with Crippen molar-refractivity contribution in [2.75, 3.05) is 7.11 Å².